The number of nitrogen functional groups attached to an aromatic ring is 1. The van der Waals surface area contributed by atoms with Crippen LogP contribution in [0, 0.1) is 0 Å². The van der Waals surface area contributed by atoms with Crippen molar-refractivity contribution in [2.24, 2.45) is 7.05 Å². The van der Waals surface area contributed by atoms with Gasteiger partial charge in [0.2, 0.25) is 0 Å². The monoisotopic (exact) mass is 191 g/mol. The normalized spacial score (nSPS) is 10.7. The van der Waals surface area contributed by atoms with Gasteiger partial charge in [0.1, 0.15) is 11.5 Å². The Morgan fingerprint density at radius 2 is 2.36 bits per heavy atom. The predicted octanol–water partition coefficient (Wildman–Crippen LogP) is 0.955. The van der Waals surface area contributed by atoms with Crippen LogP contribution in [0.5, 0.6) is 0 Å². The molecule has 74 valence electrons. The van der Waals surface area contributed by atoms with Crippen molar-refractivity contribution in [1.29, 1.82) is 0 Å². The van der Waals surface area contributed by atoms with Gasteiger partial charge in [-0.05, 0) is 6.42 Å². The minimum atomic E-state index is 0.563. The van der Waals surface area contributed by atoms with Crippen molar-refractivity contribution in [3.8, 4) is 11.4 Å². The minimum absolute atomic E-state index is 0.563. The number of hydrogen-bond donors (Lipinski definition) is 2. The summed E-state index contributed by atoms with van der Waals surface area (Å²) < 4.78 is 1.89. The maximum absolute atomic E-state index is 5.72. The number of rotatable bonds is 2. The van der Waals surface area contributed by atoms with Crippen molar-refractivity contribution in [2.45, 2.75) is 13.3 Å². The van der Waals surface area contributed by atoms with Crippen molar-refractivity contribution >= 4 is 5.82 Å². The van der Waals surface area contributed by atoms with E-state index in [-0.39, 0.29) is 0 Å². The first-order chi connectivity index (χ1) is 6.72. The van der Waals surface area contributed by atoms with Crippen LogP contribution in [0.2, 0.25) is 0 Å². The summed E-state index contributed by atoms with van der Waals surface area (Å²) in [6.07, 6.45) is 4.55. The zero-order chi connectivity index (χ0) is 10.1. The molecule has 0 atom stereocenters. The van der Waals surface area contributed by atoms with Crippen LogP contribution in [0.3, 0.4) is 0 Å². The summed E-state index contributed by atoms with van der Waals surface area (Å²) in [5.41, 5.74) is 8.56. The topological polar surface area (TPSA) is 72.5 Å². The molecule has 5 nitrogen and oxygen atoms in total. The third kappa shape index (κ3) is 1.26. The summed E-state index contributed by atoms with van der Waals surface area (Å²) in [4.78, 5) is 4.24. The molecule has 0 radical (unpaired) electrons. The van der Waals surface area contributed by atoms with Crippen molar-refractivity contribution in [1.82, 2.24) is 19.7 Å². The number of aromatic nitrogens is 4. The number of hydrogen-bond acceptors (Lipinski definition) is 3. The number of H-pyrrole nitrogens is 1. The van der Waals surface area contributed by atoms with Gasteiger partial charge >= 0.3 is 0 Å². The fourth-order valence-electron chi connectivity index (χ4n) is 1.49. The number of imidazole rings is 1. The molecule has 0 aliphatic rings. The highest BCUT2D eigenvalue weighted by atomic mass is 15.2. The van der Waals surface area contributed by atoms with Gasteiger partial charge in [-0.15, -0.1) is 0 Å². The molecule has 0 aliphatic carbocycles. The third-order valence-corrected chi connectivity index (χ3v) is 2.21. The smallest absolute Gasteiger partial charge is 0.149 e. The largest absolute Gasteiger partial charge is 0.382 e. The maximum Gasteiger partial charge on any atom is 0.149 e. The molecular formula is C9H13N5. The van der Waals surface area contributed by atoms with Crippen molar-refractivity contribution in [3.63, 3.8) is 0 Å². The fraction of sp³-hybridized carbons (Fsp3) is 0.333. The summed E-state index contributed by atoms with van der Waals surface area (Å²) in [7, 11) is 1.93. The Balaban J connectivity index is 2.51. The van der Waals surface area contributed by atoms with Crippen LogP contribution in [-0.2, 0) is 13.5 Å². The molecule has 2 heterocycles. The van der Waals surface area contributed by atoms with E-state index in [1.807, 2.05) is 24.7 Å². The highest BCUT2D eigenvalue weighted by Crippen LogP contribution is 2.23. The summed E-state index contributed by atoms with van der Waals surface area (Å²) in [5, 5.41) is 6.88. The van der Waals surface area contributed by atoms with Crippen LogP contribution in [-0.4, -0.2) is 19.7 Å². The molecule has 0 saturated carbocycles. The van der Waals surface area contributed by atoms with Gasteiger partial charge < -0.3 is 10.3 Å². The highest BCUT2D eigenvalue weighted by molar-refractivity contribution is 5.64. The number of anilines is 1. The lowest BCUT2D eigenvalue weighted by atomic mass is 10.1. The van der Waals surface area contributed by atoms with E-state index in [9.17, 15) is 0 Å². The second kappa shape index (κ2) is 3.17. The Kier molecular flexibility index (Phi) is 1.99. The van der Waals surface area contributed by atoms with E-state index in [4.69, 9.17) is 5.73 Å². The van der Waals surface area contributed by atoms with Gasteiger partial charge in [-0.3, -0.25) is 5.10 Å². The van der Waals surface area contributed by atoms with E-state index in [0.717, 1.165) is 23.4 Å². The molecule has 0 unspecified atom stereocenters. The van der Waals surface area contributed by atoms with E-state index in [1.165, 1.54) is 0 Å². The molecule has 0 aromatic carbocycles. The van der Waals surface area contributed by atoms with Crippen molar-refractivity contribution in [3.05, 3.63) is 18.1 Å². The van der Waals surface area contributed by atoms with Crippen LogP contribution in [0.4, 0.5) is 5.82 Å². The molecular weight excluding hydrogens is 178 g/mol. The molecule has 0 amide bonds. The number of aryl methyl sites for hydroxylation is 1. The Labute approximate surface area is 82.0 Å². The van der Waals surface area contributed by atoms with Gasteiger partial charge in [0.15, 0.2) is 0 Å². The summed E-state index contributed by atoms with van der Waals surface area (Å²) in [5.74, 6) is 0.563. The van der Waals surface area contributed by atoms with E-state index < -0.39 is 0 Å². The van der Waals surface area contributed by atoms with Crippen LogP contribution in [0.15, 0.2) is 12.5 Å². The first kappa shape index (κ1) is 8.80. The molecule has 0 saturated heterocycles. The summed E-state index contributed by atoms with van der Waals surface area (Å²) >= 11 is 0. The molecule has 0 aliphatic heterocycles. The van der Waals surface area contributed by atoms with Gasteiger partial charge in [0.05, 0.1) is 12.0 Å². The number of aromatic amines is 1. The van der Waals surface area contributed by atoms with Crippen LogP contribution in [0.25, 0.3) is 11.4 Å². The molecule has 2 aromatic heterocycles. The predicted molar refractivity (Wildman–Crippen MR) is 54.6 cm³/mol. The SMILES string of the molecule is CCc1c(N)n[nH]c1-c1cn(C)cn1. The van der Waals surface area contributed by atoms with Crippen molar-refractivity contribution in [2.75, 3.05) is 5.73 Å². The van der Waals surface area contributed by atoms with E-state index >= 15 is 0 Å². The molecule has 5 heteroatoms. The van der Waals surface area contributed by atoms with E-state index in [0.29, 0.717) is 5.82 Å². The Morgan fingerprint density at radius 1 is 1.57 bits per heavy atom. The molecule has 14 heavy (non-hydrogen) atoms. The zero-order valence-electron chi connectivity index (χ0n) is 8.28. The summed E-state index contributed by atoms with van der Waals surface area (Å²) in [6.45, 7) is 2.05. The lowest BCUT2D eigenvalue weighted by Gasteiger charge is -1.96. The quantitative estimate of drug-likeness (QED) is 0.742. The lowest BCUT2D eigenvalue weighted by molar-refractivity contribution is 0.913. The van der Waals surface area contributed by atoms with Gasteiger partial charge in [-0.2, -0.15) is 5.10 Å². The first-order valence-electron chi connectivity index (χ1n) is 4.53. The molecule has 0 fully saturated rings. The van der Waals surface area contributed by atoms with E-state index in [1.54, 1.807) is 6.33 Å². The van der Waals surface area contributed by atoms with Crippen LogP contribution in [0.1, 0.15) is 12.5 Å². The van der Waals surface area contributed by atoms with Crippen LogP contribution >= 0.6 is 0 Å². The number of nitrogens with two attached hydrogens (primary N) is 1. The fourth-order valence-corrected chi connectivity index (χ4v) is 1.49. The number of nitrogens with zero attached hydrogens (tertiary/aromatic N) is 3. The second-order valence-corrected chi connectivity index (χ2v) is 3.24. The van der Waals surface area contributed by atoms with Gasteiger partial charge in [-0.1, -0.05) is 6.92 Å². The Morgan fingerprint density at radius 3 is 2.93 bits per heavy atom. The standard InChI is InChI=1S/C9H13N5/c1-3-6-8(12-13-9(6)10)7-4-14(2)5-11-7/h4-5H,3H2,1-2H3,(H3,10,12,13). The average Bonchev–Trinajstić information content (AvgIpc) is 2.71. The number of nitrogens with one attached hydrogen (secondary N) is 1. The zero-order valence-corrected chi connectivity index (χ0v) is 8.28. The lowest BCUT2D eigenvalue weighted by Crippen LogP contribution is -1.90. The first-order valence-corrected chi connectivity index (χ1v) is 4.53. The van der Waals surface area contributed by atoms with Gasteiger partial charge in [0, 0.05) is 18.8 Å². The van der Waals surface area contributed by atoms with Gasteiger partial charge in [0.25, 0.3) is 0 Å². The minimum Gasteiger partial charge on any atom is -0.382 e. The highest BCUT2D eigenvalue weighted by Gasteiger charge is 2.12. The maximum atomic E-state index is 5.72. The van der Waals surface area contributed by atoms with Gasteiger partial charge in [-0.25, -0.2) is 4.98 Å². The average molecular weight is 191 g/mol. The van der Waals surface area contributed by atoms with Crippen LogP contribution < -0.4 is 5.73 Å². The summed E-state index contributed by atoms with van der Waals surface area (Å²) in [6, 6.07) is 0. The molecule has 2 aromatic rings. The molecule has 2 rings (SSSR count). The van der Waals surface area contributed by atoms with Crippen molar-refractivity contribution < 1.29 is 0 Å². The Hall–Kier alpha value is -1.78. The van der Waals surface area contributed by atoms with E-state index in [2.05, 4.69) is 15.2 Å². The molecule has 0 spiro atoms. The second-order valence-electron chi connectivity index (χ2n) is 3.24. The third-order valence-electron chi connectivity index (χ3n) is 2.21. The molecule has 0 bridgehead atoms. The molecule has 3 N–H and O–H groups in total. The Bertz CT molecular complexity index is 440.